The molecular weight excluding hydrogens is 321 g/mol. The Kier molecular flexibility index (Phi) is 6.62. The molecule has 0 bridgehead atoms. The number of halogens is 2. The fourth-order valence-electron chi connectivity index (χ4n) is 3.03. The first-order valence-electron chi connectivity index (χ1n) is 7.80. The maximum Gasteiger partial charge on any atom is 0.314 e. The highest BCUT2D eigenvalue weighted by atomic mass is 35.5. The Morgan fingerprint density at radius 2 is 2.26 bits per heavy atom. The Morgan fingerprint density at radius 3 is 2.96 bits per heavy atom. The number of carbonyl (C=O) groups is 1. The number of carbonyl (C=O) groups excluding carboxylic acids is 1. The minimum atomic E-state index is -0.419. The lowest BCUT2D eigenvalue weighted by Gasteiger charge is -2.26. The number of aliphatic hydroxyl groups excluding tert-OH is 1. The Labute approximate surface area is 140 Å². The molecule has 0 saturated carbocycles. The number of nitrogens with one attached hydrogen (secondary N) is 2. The van der Waals surface area contributed by atoms with Crippen LogP contribution < -0.4 is 10.6 Å². The molecule has 1 fully saturated rings. The normalized spacial score (nSPS) is 21.4. The van der Waals surface area contributed by atoms with Crippen LogP contribution in [0.4, 0.5) is 9.18 Å². The topological polar surface area (TPSA) is 64.6 Å². The van der Waals surface area contributed by atoms with Crippen molar-refractivity contribution in [2.75, 3.05) is 33.3 Å². The molecule has 23 heavy (non-hydrogen) atoms. The zero-order chi connectivity index (χ0) is 16.8. The number of aliphatic hydroxyl groups is 1. The summed E-state index contributed by atoms with van der Waals surface area (Å²) in [5, 5.41) is 14.4. The minimum Gasteiger partial charge on any atom is -0.396 e. The van der Waals surface area contributed by atoms with E-state index in [-0.39, 0.29) is 29.6 Å². The molecule has 5 nitrogen and oxygen atoms in total. The number of likely N-dealkylation sites (tertiary alicyclic amines) is 1. The highest BCUT2D eigenvalue weighted by Crippen LogP contribution is 2.36. The van der Waals surface area contributed by atoms with Crippen LogP contribution in [-0.2, 0) is 0 Å². The van der Waals surface area contributed by atoms with Gasteiger partial charge < -0.3 is 15.7 Å². The second-order valence-corrected chi connectivity index (χ2v) is 6.27. The van der Waals surface area contributed by atoms with Crippen molar-refractivity contribution in [3.8, 4) is 0 Å². The third kappa shape index (κ3) is 4.80. The van der Waals surface area contributed by atoms with Gasteiger partial charge in [-0.05, 0) is 50.0 Å². The van der Waals surface area contributed by atoms with Gasteiger partial charge in [0, 0.05) is 25.7 Å². The largest absolute Gasteiger partial charge is 0.396 e. The molecule has 1 heterocycles. The third-order valence-electron chi connectivity index (χ3n) is 4.20. The molecule has 1 aromatic rings. The first-order valence-corrected chi connectivity index (χ1v) is 8.18. The molecular formula is C16H23ClFN3O2. The lowest BCUT2D eigenvalue weighted by atomic mass is 9.93. The molecule has 1 aliphatic heterocycles. The lowest BCUT2D eigenvalue weighted by molar-refractivity contribution is 0.231. The molecule has 0 aromatic heterocycles. The van der Waals surface area contributed by atoms with Gasteiger partial charge in [0.1, 0.15) is 5.82 Å². The van der Waals surface area contributed by atoms with Crippen LogP contribution in [0.3, 0.4) is 0 Å². The van der Waals surface area contributed by atoms with Crippen molar-refractivity contribution in [1.82, 2.24) is 15.5 Å². The summed E-state index contributed by atoms with van der Waals surface area (Å²) in [6.45, 7) is 1.91. The molecule has 0 aliphatic carbocycles. The summed E-state index contributed by atoms with van der Waals surface area (Å²) < 4.78 is 13.7. The predicted molar refractivity (Wildman–Crippen MR) is 88.0 cm³/mol. The molecule has 2 rings (SSSR count). The second-order valence-electron chi connectivity index (χ2n) is 5.86. The van der Waals surface area contributed by atoms with Crippen molar-refractivity contribution in [1.29, 1.82) is 0 Å². The predicted octanol–water partition coefficient (Wildman–Crippen LogP) is 2.15. The summed E-state index contributed by atoms with van der Waals surface area (Å²) in [4.78, 5) is 13.9. The first-order chi connectivity index (χ1) is 11.0. The second kappa shape index (κ2) is 8.47. The van der Waals surface area contributed by atoms with E-state index in [0.29, 0.717) is 19.5 Å². The van der Waals surface area contributed by atoms with E-state index in [0.717, 1.165) is 18.5 Å². The molecule has 1 aliphatic rings. The zero-order valence-electron chi connectivity index (χ0n) is 13.2. The van der Waals surface area contributed by atoms with Gasteiger partial charge in [0.05, 0.1) is 5.02 Å². The number of hydrogen-bond acceptors (Lipinski definition) is 3. The first kappa shape index (κ1) is 18.0. The molecule has 0 spiro atoms. The minimum absolute atomic E-state index is 0.0535. The van der Waals surface area contributed by atoms with Gasteiger partial charge >= 0.3 is 6.03 Å². The van der Waals surface area contributed by atoms with Crippen molar-refractivity contribution in [3.05, 3.63) is 34.6 Å². The van der Waals surface area contributed by atoms with Crippen LogP contribution >= 0.6 is 11.6 Å². The summed E-state index contributed by atoms with van der Waals surface area (Å²) >= 11 is 5.75. The smallest absolute Gasteiger partial charge is 0.314 e. The van der Waals surface area contributed by atoms with Gasteiger partial charge in [0.15, 0.2) is 0 Å². The van der Waals surface area contributed by atoms with E-state index in [1.807, 2.05) is 13.1 Å². The Bertz CT molecular complexity index is 544. The summed E-state index contributed by atoms with van der Waals surface area (Å²) in [6, 6.07) is 4.70. The van der Waals surface area contributed by atoms with E-state index in [2.05, 4.69) is 15.5 Å². The standard InChI is InChI=1S/C16H23ClFN3O2/c1-21-7-5-12(10-20-16(23)19-6-2-8-22)15(21)11-3-4-13(17)14(18)9-11/h3-4,9,12,15,22H,2,5-8,10H2,1H3,(H2,19,20,23). The van der Waals surface area contributed by atoms with Crippen LogP contribution in [0.5, 0.6) is 0 Å². The number of hydrogen-bond donors (Lipinski definition) is 3. The van der Waals surface area contributed by atoms with Crippen LogP contribution in [0, 0.1) is 11.7 Å². The highest BCUT2D eigenvalue weighted by molar-refractivity contribution is 6.30. The third-order valence-corrected chi connectivity index (χ3v) is 4.51. The number of rotatable bonds is 6. The average molecular weight is 344 g/mol. The number of nitrogens with zero attached hydrogens (tertiary/aromatic N) is 1. The average Bonchev–Trinajstić information content (AvgIpc) is 2.89. The van der Waals surface area contributed by atoms with Crippen LogP contribution in [0.25, 0.3) is 0 Å². The van der Waals surface area contributed by atoms with Gasteiger partial charge in [0.2, 0.25) is 0 Å². The summed E-state index contributed by atoms with van der Waals surface area (Å²) in [6.07, 6.45) is 1.47. The van der Waals surface area contributed by atoms with Gasteiger partial charge in [-0.1, -0.05) is 17.7 Å². The summed E-state index contributed by atoms with van der Waals surface area (Å²) in [5.74, 6) is -0.206. The van der Waals surface area contributed by atoms with Crippen molar-refractivity contribution >= 4 is 17.6 Å². The summed E-state index contributed by atoms with van der Waals surface area (Å²) in [7, 11) is 2.00. The van der Waals surface area contributed by atoms with Crippen molar-refractivity contribution < 1.29 is 14.3 Å². The number of amides is 2. The highest BCUT2D eigenvalue weighted by Gasteiger charge is 2.33. The van der Waals surface area contributed by atoms with Crippen LogP contribution in [0.15, 0.2) is 18.2 Å². The van der Waals surface area contributed by atoms with Gasteiger partial charge in [-0.15, -0.1) is 0 Å². The number of urea groups is 1. The van der Waals surface area contributed by atoms with E-state index < -0.39 is 5.82 Å². The van der Waals surface area contributed by atoms with Crippen LogP contribution in [-0.4, -0.2) is 49.3 Å². The fourth-order valence-corrected chi connectivity index (χ4v) is 3.15. The monoisotopic (exact) mass is 343 g/mol. The van der Waals surface area contributed by atoms with E-state index in [4.69, 9.17) is 16.7 Å². The van der Waals surface area contributed by atoms with E-state index in [1.165, 1.54) is 6.07 Å². The molecule has 2 amide bonds. The molecule has 3 N–H and O–H groups in total. The molecule has 128 valence electrons. The maximum atomic E-state index is 13.7. The molecule has 2 atom stereocenters. The van der Waals surface area contributed by atoms with E-state index in [1.54, 1.807) is 6.07 Å². The molecule has 1 saturated heterocycles. The lowest BCUT2D eigenvalue weighted by Crippen LogP contribution is -2.39. The van der Waals surface area contributed by atoms with E-state index >= 15 is 0 Å². The SMILES string of the molecule is CN1CCC(CNC(=O)NCCCO)C1c1ccc(Cl)c(F)c1. The molecule has 0 radical (unpaired) electrons. The van der Waals surface area contributed by atoms with Gasteiger partial charge in [0.25, 0.3) is 0 Å². The van der Waals surface area contributed by atoms with E-state index in [9.17, 15) is 9.18 Å². The Balaban J connectivity index is 1.95. The fraction of sp³-hybridized carbons (Fsp3) is 0.562. The van der Waals surface area contributed by atoms with Crippen LogP contribution in [0.1, 0.15) is 24.4 Å². The Morgan fingerprint density at radius 1 is 1.48 bits per heavy atom. The summed E-state index contributed by atoms with van der Waals surface area (Å²) in [5.41, 5.74) is 0.874. The molecule has 7 heteroatoms. The van der Waals surface area contributed by atoms with Gasteiger partial charge in [-0.25, -0.2) is 9.18 Å². The van der Waals surface area contributed by atoms with Crippen molar-refractivity contribution in [2.45, 2.75) is 18.9 Å². The zero-order valence-corrected chi connectivity index (χ0v) is 13.9. The number of benzene rings is 1. The van der Waals surface area contributed by atoms with Gasteiger partial charge in [-0.2, -0.15) is 0 Å². The molecule has 1 aromatic carbocycles. The quantitative estimate of drug-likeness (QED) is 0.693. The van der Waals surface area contributed by atoms with Crippen LogP contribution in [0.2, 0.25) is 5.02 Å². The van der Waals surface area contributed by atoms with Crippen molar-refractivity contribution in [3.63, 3.8) is 0 Å². The Hall–Kier alpha value is -1.37. The molecule has 2 unspecified atom stereocenters. The van der Waals surface area contributed by atoms with Crippen molar-refractivity contribution in [2.24, 2.45) is 5.92 Å². The maximum absolute atomic E-state index is 13.7. The van der Waals surface area contributed by atoms with Gasteiger partial charge in [-0.3, -0.25) is 4.90 Å².